The van der Waals surface area contributed by atoms with E-state index in [2.05, 4.69) is 25.8 Å². The summed E-state index contributed by atoms with van der Waals surface area (Å²) in [5.41, 5.74) is 1.54. The summed E-state index contributed by atoms with van der Waals surface area (Å²) in [6.07, 6.45) is 5.12. The predicted octanol–water partition coefficient (Wildman–Crippen LogP) is 1.93. The Hall–Kier alpha value is -3.70. The molecule has 4 atom stereocenters. The first-order valence-corrected chi connectivity index (χ1v) is 14.5. The molecule has 2 fully saturated rings. The minimum atomic E-state index is -0.705. The maximum atomic E-state index is 13.9. The van der Waals surface area contributed by atoms with Gasteiger partial charge in [-0.3, -0.25) is 19.5 Å². The normalized spacial score (nSPS) is 25.7. The zero-order valence-electron chi connectivity index (χ0n) is 23.8. The van der Waals surface area contributed by atoms with E-state index in [0.29, 0.717) is 50.5 Å². The smallest absolute Gasteiger partial charge is 0.315 e. The molecule has 0 spiro atoms. The summed E-state index contributed by atoms with van der Waals surface area (Å²) >= 11 is 0. The van der Waals surface area contributed by atoms with Crippen molar-refractivity contribution >= 4 is 17.8 Å². The van der Waals surface area contributed by atoms with Crippen molar-refractivity contribution in [2.45, 2.75) is 70.0 Å². The van der Waals surface area contributed by atoms with Gasteiger partial charge < -0.3 is 30.3 Å². The maximum Gasteiger partial charge on any atom is 0.315 e. The van der Waals surface area contributed by atoms with Gasteiger partial charge in [0.25, 0.3) is 5.91 Å². The van der Waals surface area contributed by atoms with Crippen LogP contribution in [0.2, 0.25) is 0 Å². The number of para-hydroxylation sites is 1. The highest BCUT2D eigenvalue weighted by Crippen LogP contribution is 2.26. The number of hydrogen-bond donors (Lipinski definition) is 3. The number of hydrogen-bond acceptors (Lipinski definition) is 7. The van der Waals surface area contributed by atoms with Crippen LogP contribution in [0.4, 0.5) is 4.79 Å². The fourth-order valence-electron chi connectivity index (χ4n) is 5.74. The third-order valence-corrected chi connectivity index (χ3v) is 7.83. The van der Waals surface area contributed by atoms with Crippen molar-refractivity contribution in [2.75, 3.05) is 32.8 Å². The number of nitrogens with one attached hydrogen (secondary N) is 3. The van der Waals surface area contributed by atoms with Crippen LogP contribution in [0.3, 0.4) is 0 Å². The molecule has 0 radical (unpaired) electrons. The van der Waals surface area contributed by atoms with E-state index >= 15 is 0 Å². The largest absolute Gasteiger partial charge is 0.493 e. The van der Waals surface area contributed by atoms with Crippen molar-refractivity contribution in [1.82, 2.24) is 30.7 Å². The summed E-state index contributed by atoms with van der Waals surface area (Å²) in [6, 6.07) is 9.91. The van der Waals surface area contributed by atoms with Gasteiger partial charge in [0, 0.05) is 57.6 Å². The fraction of sp³-hybridized carbons (Fsp3) is 0.533. The molecule has 41 heavy (non-hydrogen) atoms. The van der Waals surface area contributed by atoms with Gasteiger partial charge in [-0.05, 0) is 56.5 Å². The van der Waals surface area contributed by atoms with Crippen molar-refractivity contribution in [3.8, 4) is 5.75 Å². The molecule has 5 rings (SSSR count). The number of fused-ring (bicyclic) bond motifs is 4. The number of amides is 4. The third-order valence-electron chi connectivity index (χ3n) is 7.83. The quantitative estimate of drug-likeness (QED) is 0.518. The Balaban J connectivity index is 1.38. The molecule has 3 aliphatic heterocycles. The van der Waals surface area contributed by atoms with Crippen molar-refractivity contribution < 1.29 is 23.9 Å². The van der Waals surface area contributed by atoms with Crippen LogP contribution in [0, 0.1) is 0 Å². The molecule has 11 nitrogen and oxygen atoms in total. The molecular weight excluding hydrogens is 524 g/mol. The molecule has 0 unspecified atom stereocenters. The highest BCUT2D eigenvalue weighted by atomic mass is 16.5. The summed E-state index contributed by atoms with van der Waals surface area (Å²) in [7, 11) is 0. The lowest BCUT2D eigenvalue weighted by Crippen LogP contribution is -2.62. The Labute approximate surface area is 241 Å². The van der Waals surface area contributed by atoms with Gasteiger partial charge in [-0.25, -0.2) is 4.79 Å². The van der Waals surface area contributed by atoms with E-state index in [1.54, 1.807) is 29.4 Å². The number of nitrogens with zero attached hydrogens (tertiary/aromatic N) is 3. The Kier molecular flexibility index (Phi) is 9.35. The maximum absolute atomic E-state index is 13.9. The highest BCUT2D eigenvalue weighted by Gasteiger charge is 2.38. The number of ether oxygens (including phenoxy) is 2. The topological polar surface area (TPSA) is 125 Å². The SMILES string of the molecule is CC(C)NC(=O)N[C@@H]1CC[C@H]2CCOc3ccccc3C(=O)N3CCN(Cc4ccncc4)C[C@H]3C(=O)NC[C@H]1O2. The molecule has 1 aromatic carbocycles. The van der Waals surface area contributed by atoms with Crippen LogP contribution in [0.5, 0.6) is 5.75 Å². The minimum absolute atomic E-state index is 0.000830. The van der Waals surface area contributed by atoms with Gasteiger partial charge in [0.1, 0.15) is 11.8 Å². The number of benzene rings is 1. The Bertz CT molecular complexity index is 1210. The Morgan fingerprint density at radius 3 is 2.71 bits per heavy atom. The summed E-state index contributed by atoms with van der Waals surface area (Å²) in [5.74, 6) is 0.0391. The molecule has 3 N–H and O–H groups in total. The first-order chi connectivity index (χ1) is 19.9. The zero-order chi connectivity index (χ0) is 28.8. The number of pyridine rings is 1. The van der Waals surface area contributed by atoms with E-state index in [4.69, 9.17) is 9.47 Å². The average Bonchev–Trinajstić information content (AvgIpc) is 2.96. The van der Waals surface area contributed by atoms with E-state index in [1.165, 1.54) is 0 Å². The van der Waals surface area contributed by atoms with E-state index in [9.17, 15) is 14.4 Å². The van der Waals surface area contributed by atoms with Crippen LogP contribution >= 0.6 is 0 Å². The van der Waals surface area contributed by atoms with Crippen molar-refractivity contribution in [3.63, 3.8) is 0 Å². The number of urea groups is 1. The van der Waals surface area contributed by atoms with Crippen LogP contribution in [0.15, 0.2) is 48.8 Å². The van der Waals surface area contributed by atoms with Crippen LogP contribution < -0.4 is 20.7 Å². The summed E-state index contributed by atoms with van der Waals surface area (Å²) in [5, 5.41) is 8.96. The van der Waals surface area contributed by atoms with Crippen LogP contribution in [-0.2, 0) is 16.1 Å². The molecule has 220 valence electrons. The second kappa shape index (κ2) is 13.3. The van der Waals surface area contributed by atoms with E-state index in [-0.39, 0.29) is 42.6 Å². The molecule has 11 heteroatoms. The first kappa shape index (κ1) is 28.8. The summed E-state index contributed by atoms with van der Waals surface area (Å²) in [4.78, 5) is 48.1. The minimum Gasteiger partial charge on any atom is -0.493 e. The lowest BCUT2D eigenvalue weighted by molar-refractivity contribution is -0.130. The zero-order valence-corrected chi connectivity index (χ0v) is 23.8. The van der Waals surface area contributed by atoms with Crippen molar-refractivity contribution in [2.24, 2.45) is 0 Å². The monoisotopic (exact) mass is 564 g/mol. The molecule has 3 aliphatic rings. The fourth-order valence-corrected chi connectivity index (χ4v) is 5.74. The van der Waals surface area contributed by atoms with Gasteiger partial charge in [-0.2, -0.15) is 0 Å². The molecule has 4 amide bonds. The average molecular weight is 565 g/mol. The van der Waals surface area contributed by atoms with Crippen molar-refractivity contribution in [3.05, 3.63) is 59.9 Å². The summed E-state index contributed by atoms with van der Waals surface area (Å²) in [6.45, 7) is 6.49. The number of carbonyl (C=O) groups excluding carboxylic acids is 3. The van der Waals surface area contributed by atoms with E-state index in [0.717, 1.165) is 18.4 Å². The molecule has 4 heterocycles. The first-order valence-electron chi connectivity index (χ1n) is 14.5. The number of rotatable bonds is 4. The molecule has 2 bridgehead atoms. The van der Waals surface area contributed by atoms with Gasteiger partial charge in [-0.15, -0.1) is 0 Å². The van der Waals surface area contributed by atoms with Gasteiger partial charge in [0.2, 0.25) is 5.91 Å². The Morgan fingerprint density at radius 2 is 1.90 bits per heavy atom. The summed E-state index contributed by atoms with van der Waals surface area (Å²) < 4.78 is 12.5. The molecule has 0 saturated carbocycles. The lowest BCUT2D eigenvalue weighted by atomic mass is 9.96. The number of piperazine rings is 1. The van der Waals surface area contributed by atoms with Gasteiger partial charge in [0.15, 0.2) is 0 Å². The molecule has 2 aromatic rings. The van der Waals surface area contributed by atoms with Gasteiger partial charge in [0.05, 0.1) is 30.4 Å². The molecule has 2 saturated heterocycles. The third kappa shape index (κ3) is 7.34. The van der Waals surface area contributed by atoms with Crippen LogP contribution in [0.1, 0.15) is 49.0 Å². The van der Waals surface area contributed by atoms with Gasteiger partial charge >= 0.3 is 6.03 Å². The molecule has 0 aliphatic carbocycles. The number of aromatic nitrogens is 1. The van der Waals surface area contributed by atoms with Gasteiger partial charge in [-0.1, -0.05) is 12.1 Å². The van der Waals surface area contributed by atoms with Crippen LogP contribution in [-0.4, -0.2) is 95.7 Å². The van der Waals surface area contributed by atoms with E-state index < -0.39 is 12.1 Å². The second-order valence-corrected chi connectivity index (χ2v) is 11.2. The highest BCUT2D eigenvalue weighted by molar-refractivity contribution is 6.00. The number of carbonyl (C=O) groups is 3. The second-order valence-electron chi connectivity index (χ2n) is 11.2. The molecule has 1 aromatic heterocycles. The Morgan fingerprint density at radius 1 is 1.10 bits per heavy atom. The van der Waals surface area contributed by atoms with Crippen LogP contribution in [0.25, 0.3) is 0 Å². The van der Waals surface area contributed by atoms with E-state index in [1.807, 2.05) is 38.1 Å². The predicted molar refractivity (Wildman–Crippen MR) is 152 cm³/mol. The molecular formula is C30H40N6O5. The van der Waals surface area contributed by atoms with Crippen molar-refractivity contribution in [1.29, 1.82) is 0 Å². The standard InChI is InChI=1S/C30H40N6O5/c1-20(2)33-30(39)34-24-8-7-22-11-16-40-26-6-4-3-5-23(26)29(38)36-15-14-35(18-21-9-12-31-13-10-21)19-25(36)28(37)32-17-27(24)41-22/h3-6,9-10,12-13,20,22,24-25,27H,7-8,11,14-19H2,1-2H3,(H,32,37)(H2,33,34,39)/t22-,24+,25-,27+/m0/s1. The lowest BCUT2D eigenvalue weighted by Gasteiger charge is -2.42.